The number of hydrogen-bond donors (Lipinski definition) is 4. The van der Waals surface area contributed by atoms with Crippen molar-refractivity contribution in [1.82, 2.24) is 5.32 Å². The van der Waals surface area contributed by atoms with Gasteiger partial charge in [0.25, 0.3) is 0 Å². The Kier molecular flexibility index (Phi) is 7.15. The molecule has 0 heterocycles. The van der Waals surface area contributed by atoms with Crippen LogP contribution in [0.15, 0.2) is 5.16 Å². The van der Waals surface area contributed by atoms with Gasteiger partial charge >= 0.3 is 0 Å². The zero-order chi connectivity index (χ0) is 13.5. The van der Waals surface area contributed by atoms with Crippen molar-refractivity contribution in [2.75, 3.05) is 13.2 Å². The lowest BCUT2D eigenvalue weighted by atomic mass is 9.86. The first kappa shape index (κ1) is 16.2. The summed E-state index contributed by atoms with van der Waals surface area (Å²) in [4.78, 5) is 0. The predicted molar refractivity (Wildman–Crippen MR) is 70.1 cm³/mol. The normalized spacial score (nSPS) is 16.9. The highest BCUT2D eigenvalue weighted by molar-refractivity contribution is 5.85. The molecular formula is C12H27N3O2. The van der Waals surface area contributed by atoms with Crippen LogP contribution < -0.4 is 11.1 Å². The van der Waals surface area contributed by atoms with Crippen LogP contribution in [0, 0.1) is 11.3 Å². The molecule has 5 N–H and O–H groups in total. The van der Waals surface area contributed by atoms with Gasteiger partial charge in [-0.3, -0.25) is 0 Å². The summed E-state index contributed by atoms with van der Waals surface area (Å²) in [7, 11) is 0. The molecule has 0 radical (unpaired) electrons. The molecule has 0 aliphatic carbocycles. The standard InChI is InChI=1S/C12H27N3O2/c1-9(8-16)10(2)14-7-5-6-12(3,4)11(13)15-17/h9-10,14,16-17H,5-8H2,1-4H3,(H2,13,15). The van der Waals surface area contributed by atoms with Crippen LogP contribution >= 0.6 is 0 Å². The maximum Gasteiger partial charge on any atom is 0.144 e. The summed E-state index contributed by atoms with van der Waals surface area (Å²) in [5.74, 6) is 0.529. The Hall–Kier alpha value is -0.810. The zero-order valence-corrected chi connectivity index (χ0v) is 11.4. The Labute approximate surface area is 104 Å². The van der Waals surface area contributed by atoms with E-state index >= 15 is 0 Å². The third kappa shape index (κ3) is 5.89. The van der Waals surface area contributed by atoms with Crippen molar-refractivity contribution in [2.45, 2.75) is 46.6 Å². The van der Waals surface area contributed by atoms with E-state index in [1.54, 1.807) is 0 Å². The average molecular weight is 245 g/mol. The highest BCUT2D eigenvalue weighted by atomic mass is 16.4. The summed E-state index contributed by atoms with van der Waals surface area (Å²) in [6, 6.07) is 0.298. The molecule has 0 aliphatic rings. The minimum atomic E-state index is -0.276. The maximum atomic E-state index is 9.00. The molecular weight excluding hydrogens is 218 g/mol. The molecule has 0 spiro atoms. The van der Waals surface area contributed by atoms with E-state index in [1.807, 2.05) is 20.8 Å². The van der Waals surface area contributed by atoms with Crippen molar-refractivity contribution in [3.63, 3.8) is 0 Å². The average Bonchev–Trinajstić information content (AvgIpc) is 2.31. The van der Waals surface area contributed by atoms with E-state index in [9.17, 15) is 0 Å². The molecule has 0 fully saturated rings. The molecule has 5 nitrogen and oxygen atoms in total. The first-order valence-corrected chi connectivity index (χ1v) is 6.17. The molecule has 0 saturated carbocycles. The Balaban J connectivity index is 3.86. The lowest BCUT2D eigenvalue weighted by molar-refractivity contribution is 0.206. The SMILES string of the molecule is CC(CO)C(C)NCCCC(C)(C)C(N)=NO. The second-order valence-electron chi connectivity index (χ2n) is 5.38. The Morgan fingerprint density at radius 1 is 1.41 bits per heavy atom. The third-order valence-corrected chi connectivity index (χ3v) is 3.39. The summed E-state index contributed by atoms with van der Waals surface area (Å²) in [5, 5.41) is 24.1. The van der Waals surface area contributed by atoms with E-state index in [1.165, 1.54) is 0 Å². The molecule has 0 rings (SSSR count). The smallest absolute Gasteiger partial charge is 0.144 e. The molecule has 0 saturated heterocycles. The molecule has 17 heavy (non-hydrogen) atoms. The zero-order valence-electron chi connectivity index (χ0n) is 11.4. The van der Waals surface area contributed by atoms with E-state index in [2.05, 4.69) is 17.4 Å². The Morgan fingerprint density at radius 2 is 2.00 bits per heavy atom. The van der Waals surface area contributed by atoms with Gasteiger partial charge in [0, 0.05) is 18.1 Å². The molecule has 102 valence electrons. The van der Waals surface area contributed by atoms with Crippen molar-refractivity contribution in [3.05, 3.63) is 0 Å². The van der Waals surface area contributed by atoms with Crippen molar-refractivity contribution in [2.24, 2.45) is 22.2 Å². The molecule has 0 aromatic carbocycles. The van der Waals surface area contributed by atoms with E-state index < -0.39 is 0 Å². The van der Waals surface area contributed by atoms with Gasteiger partial charge in [-0.05, 0) is 32.2 Å². The van der Waals surface area contributed by atoms with E-state index in [0.29, 0.717) is 6.04 Å². The number of nitrogens with one attached hydrogen (secondary N) is 1. The van der Waals surface area contributed by atoms with E-state index in [0.717, 1.165) is 19.4 Å². The fourth-order valence-electron chi connectivity index (χ4n) is 1.48. The minimum absolute atomic E-state index is 0.198. The van der Waals surface area contributed by atoms with E-state index in [-0.39, 0.29) is 23.8 Å². The van der Waals surface area contributed by atoms with Gasteiger partial charge in [0.15, 0.2) is 0 Å². The maximum absolute atomic E-state index is 9.00. The van der Waals surface area contributed by atoms with Crippen molar-refractivity contribution < 1.29 is 10.3 Å². The van der Waals surface area contributed by atoms with Gasteiger partial charge in [-0.15, -0.1) is 0 Å². The van der Waals surface area contributed by atoms with Crippen LogP contribution in [0.4, 0.5) is 0 Å². The van der Waals surface area contributed by atoms with Crippen LogP contribution in [-0.4, -0.2) is 35.3 Å². The molecule has 0 aliphatic heterocycles. The number of oxime groups is 1. The lowest BCUT2D eigenvalue weighted by Crippen LogP contribution is -2.36. The number of nitrogens with two attached hydrogens (primary N) is 1. The summed E-state index contributed by atoms with van der Waals surface area (Å²) < 4.78 is 0. The Morgan fingerprint density at radius 3 is 2.47 bits per heavy atom. The van der Waals surface area contributed by atoms with Crippen LogP contribution in [-0.2, 0) is 0 Å². The lowest BCUT2D eigenvalue weighted by Gasteiger charge is -2.24. The molecule has 0 aromatic heterocycles. The highest BCUT2D eigenvalue weighted by Gasteiger charge is 2.22. The van der Waals surface area contributed by atoms with Crippen LogP contribution in [0.1, 0.15) is 40.5 Å². The summed E-state index contributed by atoms with van der Waals surface area (Å²) >= 11 is 0. The van der Waals surface area contributed by atoms with Crippen molar-refractivity contribution >= 4 is 5.84 Å². The molecule has 2 unspecified atom stereocenters. The Bertz CT molecular complexity index is 242. The van der Waals surface area contributed by atoms with Crippen LogP contribution in [0.5, 0.6) is 0 Å². The second-order valence-corrected chi connectivity index (χ2v) is 5.38. The second kappa shape index (κ2) is 7.50. The van der Waals surface area contributed by atoms with Gasteiger partial charge in [-0.25, -0.2) is 0 Å². The van der Waals surface area contributed by atoms with Crippen LogP contribution in [0.3, 0.4) is 0 Å². The van der Waals surface area contributed by atoms with Gasteiger partial charge < -0.3 is 21.4 Å². The fourth-order valence-corrected chi connectivity index (χ4v) is 1.48. The topological polar surface area (TPSA) is 90.9 Å². The fraction of sp³-hybridized carbons (Fsp3) is 0.917. The number of amidine groups is 1. The molecule has 0 amide bonds. The number of aliphatic hydroxyl groups is 1. The van der Waals surface area contributed by atoms with Gasteiger partial charge in [0.05, 0.1) is 0 Å². The summed E-state index contributed by atoms with van der Waals surface area (Å²) in [6.45, 7) is 9.06. The number of rotatable bonds is 8. The molecule has 0 aromatic rings. The monoisotopic (exact) mass is 245 g/mol. The third-order valence-electron chi connectivity index (χ3n) is 3.39. The molecule has 5 heteroatoms. The van der Waals surface area contributed by atoms with Gasteiger partial charge in [0.1, 0.15) is 5.84 Å². The van der Waals surface area contributed by atoms with Gasteiger partial charge in [0.2, 0.25) is 0 Å². The molecule has 2 atom stereocenters. The van der Waals surface area contributed by atoms with Crippen molar-refractivity contribution in [3.8, 4) is 0 Å². The summed E-state index contributed by atoms with van der Waals surface area (Å²) in [6.07, 6.45) is 1.81. The number of hydrogen-bond acceptors (Lipinski definition) is 4. The van der Waals surface area contributed by atoms with Gasteiger partial charge in [-0.1, -0.05) is 25.9 Å². The van der Waals surface area contributed by atoms with Crippen molar-refractivity contribution in [1.29, 1.82) is 0 Å². The quantitative estimate of drug-likeness (QED) is 0.170. The van der Waals surface area contributed by atoms with Crippen LogP contribution in [0.2, 0.25) is 0 Å². The van der Waals surface area contributed by atoms with E-state index in [4.69, 9.17) is 16.0 Å². The number of aliphatic hydroxyl groups excluding tert-OH is 1. The molecule has 0 bridgehead atoms. The largest absolute Gasteiger partial charge is 0.409 e. The van der Waals surface area contributed by atoms with Crippen LogP contribution in [0.25, 0.3) is 0 Å². The van der Waals surface area contributed by atoms with Gasteiger partial charge in [-0.2, -0.15) is 0 Å². The minimum Gasteiger partial charge on any atom is -0.409 e. The first-order valence-electron chi connectivity index (χ1n) is 6.17. The number of nitrogens with zero attached hydrogens (tertiary/aromatic N) is 1. The first-order chi connectivity index (χ1) is 7.85. The highest BCUT2D eigenvalue weighted by Crippen LogP contribution is 2.21. The predicted octanol–water partition coefficient (Wildman–Crippen LogP) is 1.15. The summed E-state index contributed by atoms with van der Waals surface area (Å²) in [5.41, 5.74) is 5.33.